The highest BCUT2D eigenvalue weighted by Crippen LogP contribution is 2.24. The van der Waals surface area contributed by atoms with E-state index in [4.69, 9.17) is 0 Å². The van der Waals surface area contributed by atoms with E-state index in [1.54, 1.807) is 12.1 Å². The minimum Gasteiger partial charge on any atom is -0.350 e. The number of benzene rings is 3. The van der Waals surface area contributed by atoms with Crippen LogP contribution < -0.4 is 10.0 Å². The van der Waals surface area contributed by atoms with Gasteiger partial charge in [-0.15, -0.1) is 0 Å². The SMILES string of the molecule is CC(NC(=O)CCNS(=O)(=O)c1cccc(Br)c1)c1cccc2ccccc12. The van der Waals surface area contributed by atoms with Crippen LogP contribution in [0.4, 0.5) is 0 Å². The smallest absolute Gasteiger partial charge is 0.240 e. The molecular formula is C21H21BrN2O3S. The van der Waals surface area contributed by atoms with Crippen molar-refractivity contribution in [3.63, 3.8) is 0 Å². The van der Waals surface area contributed by atoms with Crippen LogP contribution in [0, 0.1) is 0 Å². The molecule has 0 radical (unpaired) electrons. The predicted molar refractivity (Wildman–Crippen MR) is 114 cm³/mol. The molecule has 5 nitrogen and oxygen atoms in total. The lowest BCUT2D eigenvalue weighted by Gasteiger charge is -2.17. The highest BCUT2D eigenvalue weighted by Gasteiger charge is 2.16. The molecule has 0 aliphatic carbocycles. The Morgan fingerprint density at radius 2 is 1.75 bits per heavy atom. The first kappa shape index (κ1) is 20.5. The standard InChI is InChI=1S/C21H21BrN2O3S/c1-15(19-11-4-7-16-6-2-3-10-20(16)19)24-21(25)12-13-23-28(26,27)18-9-5-8-17(22)14-18/h2-11,14-15,23H,12-13H2,1H3,(H,24,25). The zero-order valence-electron chi connectivity index (χ0n) is 15.4. The highest BCUT2D eigenvalue weighted by molar-refractivity contribution is 9.10. The van der Waals surface area contributed by atoms with Crippen molar-refractivity contribution in [3.05, 3.63) is 76.8 Å². The average Bonchev–Trinajstić information content (AvgIpc) is 2.67. The van der Waals surface area contributed by atoms with Crippen LogP contribution in [-0.2, 0) is 14.8 Å². The van der Waals surface area contributed by atoms with E-state index in [2.05, 4.69) is 26.0 Å². The molecule has 1 amide bonds. The molecule has 0 aromatic heterocycles. The molecule has 146 valence electrons. The molecule has 2 N–H and O–H groups in total. The fourth-order valence-electron chi connectivity index (χ4n) is 3.04. The minimum atomic E-state index is -3.65. The molecule has 28 heavy (non-hydrogen) atoms. The topological polar surface area (TPSA) is 75.3 Å². The molecule has 3 aromatic rings. The van der Waals surface area contributed by atoms with Crippen LogP contribution in [0.25, 0.3) is 10.8 Å². The predicted octanol–water partition coefficient (Wildman–Crippen LogP) is 4.15. The number of sulfonamides is 1. The molecule has 3 aromatic carbocycles. The second-order valence-corrected chi connectivity index (χ2v) is 9.15. The third-order valence-corrected chi connectivity index (χ3v) is 6.37. The molecule has 1 unspecified atom stereocenters. The van der Waals surface area contributed by atoms with Gasteiger partial charge in [0, 0.05) is 17.4 Å². The Balaban J connectivity index is 1.58. The van der Waals surface area contributed by atoms with Crippen LogP contribution in [0.2, 0.25) is 0 Å². The molecule has 0 spiro atoms. The molecule has 3 rings (SSSR count). The number of carbonyl (C=O) groups is 1. The van der Waals surface area contributed by atoms with Gasteiger partial charge in [-0.1, -0.05) is 64.5 Å². The number of amides is 1. The molecule has 7 heteroatoms. The molecule has 0 aliphatic heterocycles. The van der Waals surface area contributed by atoms with Crippen molar-refractivity contribution in [2.75, 3.05) is 6.54 Å². The highest BCUT2D eigenvalue weighted by atomic mass is 79.9. The Hall–Kier alpha value is -2.22. The van der Waals surface area contributed by atoms with Crippen LogP contribution in [0.3, 0.4) is 0 Å². The molecular weight excluding hydrogens is 440 g/mol. The van der Waals surface area contributed by atoms with E-state index in [-0.39, 0.29) is 29.8 Å². The number of fused-ring (bicyclic) bond motifs is 1. The van der Waals surface area contributed by atoms with Gasteiger partial charge in [0.05, 0.1) is 10.9 Å². The van der Waals surface area contributed by atoms with E-state index >= 15 is 0 Å². The largest absolute Gasteiger partial charge is 0.350 e. The Kier molecular flexibility index (Phi) is 6.49. The van der Waals surface area contributed by atoms with Crippen molar-refractivity contribution in [1.29, 1.82) is 0 Å². The molecule has 0 heterocycles. The van der Waals surface area contributed by atoms with Gasteiger partial charge in [-0.3, -0.25) is 4.79 Å². The Labute approximate surface area is 173 Å². The van der Waals surface area contributed by atoms with E-state index in [1.807, 2.05) is 49.4 Å². The first-order valence-electron chi connectivity index (χ1n) is 8.89. The van der Waals surface area contributed by atoms with Crippen LogP contribution >= 0.6 is 15.9 Å². The van der Waals surface area contributed by atoms with Gasteiger partial charge < -0.3 is 5.32 Å². The fraction of sp³-hybridized carbons (Fsp3) is 0.190. The Morgan fingerprint density at radius 1 is 1.04 bits per heavy atom. The van der Waals surface area contributed by atoms with Crippen LogP contribution in [0.15, 0.2) is 76.1 Å². The molecule has 0 fully saturated rings. The van der Waals surface area contributed by atoms with Crippen molar-refractivity contribution in [3.8, 4) is 0 Å². The van der Waals surface area contributed by atoms with Gasteiger partial charge in [0.15, 0.2) is 0 Å². The van der Waals surface area contributed by atoms with Crippen LogP contribution in [0.5, 0.6) is 0 Å². The van der Waals surface area contributed by atoms with Gasteiger partial charge in [-0.25, -0.2) is 13.1 Å². The monoisotopic (exact) mass is 460 g/mol. The summed E-state index contributed by atoms with van der Waals surface area (Å²) in [5.41, 5.74) is 1.03. The second-order valence-electron chi connectivity index (χ2n) is 6.46. The van der Waals surface area contributed by atoms with Crippen LogP contribution in [-0.4, -0.2) is 20.9 Å². The Bertz CT molecular complexity index is 1090. The van der Waals surface area contributed by atoms with Gasteiger partial charge in [-0.2, -0.15) is 0 Å². The summed E-state index contributed by atoms with van der Waals surface area (Å²) in [7, 11) is -3.65. The summed E-state index contributed by atoms with van der Waals surface area (Å²) < 4.78 is 27.7. The summed E-state index contributed by atoms with van der Waals surface area (Å²) in [6, 6.07) is 20.2. The average molecular weight is 461 g/mol. The molecule has 0 bridgehead atoms. The van der Waals surface area contributed by atoms with Gasteiger partial charge in [0.1, 0.15) is 0 Å². The van der Waals surface area contributed by atoms with Gasteiger partial charge >= 0.3 is 0 Å². The number of halogens is 1. The lowest BCUT2D eigenvalue weighted by Crippen LogP contribution is -2.32. The molecule has 0 saturated heterocycles. The van der Waals surface area contributed by atoms with Crippen molar-refractivity contribution < 1.29 is 13.2 Å². The van der Waals surface area contributed by atoms with Crippen molar-refractivity contribution in [2.24, 2.45) is 0 Å². The zero-order chi connectivity index (χ0) is 20.1. The maximum absolute atomic E-state index is 12.3. The number of hydrogen-bond acceptors (Lipinski definition) is 3. The summed E-state index contributed by atoms with van der Waals surface area (Å²) in [4.78, 5) is 12.4. The van der Waals surface area contributed by atoms with Crippen molar-refractivity contribution in [1.82, 2.24) is 10.0 Å². The number of nitrogens with one attached hydrogen (secondary N) is 2. The third kappa shape index (κ3) is 4.98. The Morgan fingerprint density at radius 3 is 2.54 bits per heavy atom. The summed E-state index contributed by atoms with van der Waals surface area (Å²) in [6.07, 6.45) is 0.0579. The third-order valence-electron chi connectivity index (χ3n) is 4.42. The zero-order valence-corrected chi connectivity index (χ0v) is 17.8. The van der Waals surface area contributed by atoms with Gasteiger partial charge in [0.2, 0.25) is 15.9 Å². The first-order valence-corrected chi connectivity index (χ1v) is 11.2. The fourth-order valence-corrected chi connectivity index (χ4v) is 4.66. The molecule has 0 saturated carbocycles. The van der Waals surface area contributed by atoms with Gasteiger partial charge in [-0.05, 0) is 41.5 Å². The maximum Gasteiger partial charge on any atom is 0.240 e. The minimum absolute atomic E-state index is 0.0307. The van der Waals surface area contributed by atoms with Crippen LogP contribution in [0.1, 0.15) is 24.9 Å². The summed E-state index contributed by atoms with van der Waals surface area (Å²) in [5, 5.41) is 5.15. The first-order chi connectivity index (χ1) is 13.4. The molecule has 1 atom stereocenters. The lowest BCUT2D eigenvalue weighted by molar-refractivity contribution is -0.121. The van der Waals surface area contributed by atoms with E-state index in [0.29, 0.717) is 4.47 Å². The summed E-state index contributed by atoms with van der Waals surface area (Å²) in [6.45, 7) is 1.95. The summed E-state index contributed by atoms with van der Waals surface area (Å²) >= 11 is 3.26. The maximum atomic E-state index is 12.3. The number of rotatable bonds is 7. The lowest BCUT2D eigenvalue weighted by atomic mass is 9.99. The molecule has 0 aliphatic rings. The quantitative estimate of drug-likeness (QED) is 0.555. The van der Waals surface area contributed by atoms with E-state index in [9.17, 15) is 13.2 Å². The number of hydrogen-bond donors (Lipinski definition) is 2. The van der Waals surface area contributed by atoms with Crippen molar-refractivity contribution >= 4 is 42.6 Å². The van der Waals surface area contributed by atoms with Gasteiger partial charge in [0.25, 0.3) is 0 Å². The van der Waals surface area contributed by atoms with E-state index < -0.39 is 10.0 Å². The van der Waals surface area contributed by atoms with E-state index in [1.165, 1.54) is 12.1 Å². The van der Waals surface area contributed by atoms with Crippen molar-refractivity contribution in [2.45, 2.75) is 24.3 Å². The van der Waals surface area contributed by atoms with E-state index in [0.717, 1.165) is 16.3 Å². The summed E-state index contributed by atoms with van der Waals surface area (Å²) in [5.74, 6) is -0.211. The second kappa shape index (κ2) is 8.86. The number of carbonyl (C=O) groups excluding carboxylic acids is 1. The normalized spacial score (nSPS) is 12.6.